The minimum Gasteiger partial charge on any atom is -0.337 e. The Kier molecular flexibility index (Phi) is 5.56. The lowest BCUT2D eigenvalue weighted by Crippen LogP contribution is -2.26. The smallest absolute Gasteiger partial charge is 0.254 e. The van der Waals surface area contributed by atoms with Crippen LogP contribution >= 0.6 is 22.7 Å². The first kappa shape index (κ1) is 20.5. The third kappa shape index (κ3) is 4.21. The predicted molar refractivity (Wildman–Crippen MR) is 118 cm³/mol. The van der Waals surface area contributed by atoms with Gasteiger partial charge in [-0.2, -0.15) is 5.10 Å². The number of benzene rings is 1. The summed E-state index contributed by atoms with van der Waals surface area (Å²) in [7, 11) is -2.15. The molecule has 0 aliphatic carbocycles. The SMILES string of the molecule is CN(Cc1cn(-c2ccccc2)nc1-c1cccs1)C(=O)c1csc(S(N)(=O)=O)c1. The number of nitrogens with two attached hydrogens (primary N) is 1. The standard InChI is InChI=1S/C20H18N4O3S3/c1-23(20(25)14-10-18(29-13-14)30(21,26)27)11-15-12-24(16-6-3-2-4-7-16)22-19(15)17-8-5-9-28-17/h2-10,12-13H,11H2,1H3,(H2,21,26,27). The van der Waals surface area contributed by atoms with Crippen LogP contribution < -0.4 is 5.14 Å². The molecule has 0 spiro atoms. The van der Waals surface area contributed by atoms with Crippen LogP contribution in [-0.4, -0.2) is 36.1 Å². The second kappa shape index (κ2) is 8.15. The highest BCUT2D eigenvalue weighted by Crippen LogP contribution is 2.29. The number of nitrogens with zero attached hydrogens (tertiary/aromatic N) is 3. The van der Waals surface area contributed by atoms with Crippen LogP contribution in [0.3, 0.4) is 0 Å². The number of carbonyl (C=O) groups is 1. The quantitative estimate of drug-likeness (QED) is 0.477. The van der Waals surface area contributed by atoms with E-state index in [2.05, 4.69) is 0 Å². The van der Waals surface area contributed by atoms with Crippen molar-refractivity contribution in [3.8, 4) is 16.3 Å². The molecule has 0 unspecified atom stereocenters. The first-order valence-electron chi connectivity index (χ1n) is 8.87. The first-order chi connectivity index (χ1) is 14.3. The van der Waals surface area contributed by atoms with E-state index in [9.17, 15) is 13.2 Å². The summed E-state index contributed by atoms with van der Waals surface area (Å²) in [5, 5.41) is 13.4. The van der Waals surface area contributed by atoms with E-state index >= 15 is 0 Å². The summed E-state index contributed by atoms with van der Waals surface area (Å²) in [5.74, 6) is -0.286. The largest absolute Gasteiger partial charge is 0.337 e. The maximum Gasteiger partial charge on any atom is 0.254 e. The van der Waals surface area contributed by atoms with Gasteiger partial charge in [0.1, 0.15) is 9.90 Å². The second-order valence-electron chi connectivity index (χ2n) is 6.62. The van der Waals surface area contributed by atoms with E-state index in [1.54, 1.807) is 28.0 Å². The summed E-state index contributed by atoms with van der Waals surface area (Å²) in [5.41, 5.74) is 2.91. The van der Waals surface area contributed by atoms with E-state index in [1.807, 2.05) is 54.0 Å². The van der Waals surface area contributed by atoms with Crippen molar-refractivity contribution in [1.82, 2.24) is 14.7 Å². The molecule has 0 fully saturated rings. The lowest BCUT2D eigenvalue weighted by atomic mass is 10.2. The molecular weight excluding hydrogens is 440 g/mol. The normalized spacial score (nSPS) is 11.5. The molecular formula is C20H18N4O3S3. The zero-order valence-corrected chi connectivity index (χ0v) is 18.4. The summed E-state index contributed by atoms with van der Waals surface area (Å²) in [6, 6.07) is 15.0. The van der Waals surface area contributed by atoms with Crippen molar-refractivity contribution in [2.24, 2.45) is 5.14 Å². The summed E-state index contributed by atoms with van der Waals surface area (Å²) < 4.78 is 24.8. The summed E-state index contributed by atoms with van der Waals surface area (Å²) >= 11 is 2.51. The summed E-state index contributed by atoms with van der Waals surface area (Å²) in [4.78, 5) is 15.4. The van der Waals surface area contributed by atoms with Gasteiger partial charge in [-0.05, 0) is 29.6 Å². The Balaban J connectivity index is 1.64. The molecule has 3 aromatic heterocycles. The lowest BCUT2D eigenvalue weighted by Gasteiger charge is -2.16. The fraction of sp³-hybridized carbons (Fsp3) is 0.100. The van der Waals surface area contributed by atoms with Crippen LogP contribution in [0.1, 0.15) is 15.9 Å². The maximum atomic E-state index is 12.8. The third-order valence-electron chi connectivity index (χ3n) is 4.42. The van der Waals surface area contributed by atoms with Gasteiger partial charge in [-0.25, -0.2) is 18.2 Å². The van der Waals surface area contributed by atoms with E-state index in [-0.39, 0.29) is 10.1 Å². The molecule has 7 nitrogen and oxygen atoms in total. The fourth-order valence-electron chi connectivity index (χ4n) is 2.98. The molecule has 0 aliphatic heterocycles. The van der Waals surface area contributed by atoms with Gasteiger partial charge >= 0.3 is 0 Å². The first-order valence-corrected chi connectivity index (χ1v) is 12.2. The molecule has 2 N–H and O–H groups in total. The highest BCUT2D eigenvalue weighted by molar-refractivity contribution is 7.91. The van der Waals surface area contributed by atoms with Gasteiger partial charge in [-0.1, -0.05) is 24.3 Å². The summed E-state index contributed by atoms with van der Waals surface area (Å²) in [6.07, 6.45) is 1.91. The number of thiophene rings is 2. The molecule has 4 rings (SSSR count). The minimum absolute atomic E-state index is 0.0320. The van der Waals surface area contributed by atoms with Crippen LogP contribution in [0, 0.1) is 0 Å². The van der Waals surface area contributed by atoms with Crippen molar-refractivity contribution in [3.63, 3.8) is 0 Å². The zero-order valence-electron chi connectivity index (χ0n) is 15.9. The number of aromatic nitrogens is 2. The molecule has 30 heavy (non-hydrogen) atoms. The van der Waals surface area contributed by atoms with Gasteiger partial charge in [0.25, 0.3) is 5.91 Å². The van der Waals surface area contributed by atoms with Crippen LogP contribution in [-0.2, 0) is 16.6 Å². The van der Waals surface area contributed by atoms with Crippen molar-refractivity contribution < 1.29 is 13.2 Å². The van der Waals surface area contributed by atoms with Crippen LogP contribution in [0.2, 0.25) is 0 Å². The van der Waals surface area contributed by atoms with Gasteiger partial charge in [0, 0.05) is 30.7 Å². The Morgan fingerprint density at radius 2 is 1.93 bits per heavy atom. The van der Waals surface area contributed by atoms with Crippen LogP contribution in [0.4, 0.5) is 0 Å². The minimum atomic E-state index is -3.83. The van der Waals surface area contributed by atoms with Gasteiger partial charge in [-0.15, -0.1) is 22.7 Å². The van der Waals surface area contributed by atoms with E-state index in [0.717, 1.165) is 33.2 Å². The van der Waals surface area contributed by atoms with Crippen LogP contribution in [0.5, 0.6) is 0 Å². The van der Waals surface area contributed by atoms with Gasteiger partial charge in [0.2, 0.25) is 10.0 Å². The van der Waals surface area contributed by atoms with E-state index in [0.29, 0.717) is 12.1 Å². The van der Waals surface area contributed by atoms with Crippen molar-refractivity contribution in [1.29, 1.82) is 0 Å². The molecule has 154 valence electrons. The van der Waals surface area contributed by atoms with E-state index in [1.165, 1.54) is 11.4 Å². The summed E-state index contributed by atoms with van der Waals surface area (Å²) in [6.45, 7) is 0.319. The predicted octanol–water partition coefficient (Wildman–Crippen LogP) is 3.58. The van der Waals surface area contributed by atoms with E-state index < -0.39 is 10.0 Å². The van der Waals surface area contributed by atoms with Gasteiger partial charge in [0.05, 0.1) is 16.1 Å². The van der Waals surface area contributed by atoms with Crippen molar-refractivity contribution >= 4 is 38.6 Å². The van der Waals surface area contributed by atoms with Crippen molar-refractivity contribution in [3.05, 3.63) is 76.6 Å². The number of sulfonamides is 1. The van der Waals surface area contributed by atoms with Gasteiger partial charge in [-0.3, -0.25) is 4.79 Å². The van der Waals surface area contributed by atoms with E-state index in [4.69, 9.17) is 10.2 Å². The molecule has 3 heterocycles. The Hall–Kier alpha value is -2.79. The Bertz CT molecular complexity index is 1280. The fourth-order valence-corrected chi connectivity index (χ4v) is 5.31. The third-order valence-corrected chi connectivity index (χ3v) is 7.69. The number of hydrogen-bond acceptors (Lipinski definition) is 6. The number of rotatable bonds is 6. The Morgan fingerprint density at radius 3 is 2.57 bits per heavy atom. The number of hydrogen-bond donors (Lipinski definition) is 1. The lowest BCUT2D eigenvalue weighted by molar-refractivity contribution is 0.0785. The molecule has 0 saturated heterocycles. The number of carbonyl (C=O) groups excluding carboxylic acids is 1. The number of amides is 1. The molecule has 1 aromatic carbocycles. The molecule has 4 aromatic rings. The second-order valence-corrected chi connectivity index (χ2v) is 10.3. The Morgan fingerprint density at radius 1 is 1.17 bits per heavy atom. The molecule has 0 radical (unpaired) electrons. The van der Waals surface area contributed by atoms with Gasteiger partial charge < -0.3 is 4.90 Å². The van der Waals surface area contributed by atoms with Crippen LogP contribution in [0.25, 0.3) is 16.3 Å². The molecule has 1 amide bonds. The highest BCUT2D eigenvalue weighted by atomic mass is 32.2. The maximum absolute atomic E-state index is 12.8. The Labute approximate surface area is 182 Å². The molecule has 0 atom stereocenters. The number of primary sulfonamides is 1. The average Bonchev–Trinajstić information content (AvgIpc) is 3.47. The zero-order chi connectivity index (χ0) is 21.3. The highest BCUT2D eigenvalue weighted by Gasteiger charge is 2.21. The number of para-hydroxylation sites is 1. The average molecular weight is 459 g/mol. The van der Waals surface area contributed by atoms with Crippen molar-refractivity contribution in [2.45, 2.75) is 10.8 Å². The molecule has 10 heteroatoms. The van der Waals surface area contributed by atoms with Gasteiger partial charge in [0.15, 0.2) is 0 Å². The molecule has 0 aliphatic rings. The van der Waals surface area contributed by atoms with Crippen LogP contribution in [0.15, 0.2) is 69.7 Å². The monoisotopic (exact) mass is 458 g/mol. The molecule has 0 bridgehead atoms. The topological polar surface area (TPSA) is 98.3 Å². The molecule has 0 saturated carbocycles. The van der Waals surface area contributed by atoms with Crippen molar-refractivity contribution in [2.75, 3.05) is 7.05 Å².